The largest absolute Gasteiger partial charge is 0.634 e. The van der Waals surface area contributed by atoms with E-state index in [1.54, 1.807) is 13.5 Å². The summed E-state index contributed by atoms with van der Waals surface area (Å²) in [5.41, 5.74) is 0.850. The van der Waals surface area contributed by atoms with Crippen LogP contribution in [0.4, 0.5) is 0 Å². The average molecular weight is 234 g/mol. The molecule has 2 N–H and O–H groups in total. The minimum absolute atomic E-state index is 0.396. The zero-order chi connectivity index (χ0) is 11.4. The van der Waals surface area contributed by atoms with Gasteiger partial charge in [-0.1, -0.05) is 0 Å². The molecule has 17 heavy (non-hydrogen) atoms. The number of fused-ring (bicyclic) bond motifs is 3. The van der Waals surface area contributed by atoms with Crippen molar-refractivity contribution < 1.29 is 5.06 Å². The lowest BCUT2D eigenvalue weighted by Crippen LogP contribution is -3.05. The summed E-state index contributed by atoms with van der Waals surface area (Å²) >= 11 is 0. The Hall–Kier alpha value is -0.120. The van der Waals surface area contributed by atoms with E-state index in [2.05, 4.69) is 5.32 Å². The molecular formula is C14H22N2O. The van der Waals surface area contributed by atoms with Gasteiger partial charge >= 0.3 is 0 Å². The van der Waals surface area contributed by atoms with E-state index < -0.39 is 0 Å². The normalized spacial score (nSPS) is 67.1. The maximum atomic E-state index is 11.4. The molecule has 2 saturated heterocycles. The average Bonchev–Trinajstić information content (AvgIpc) is 3.14. The summed E-state index contributed by atoms with van der Waals surface area (Å²) < 4.78 is 0. The van der Waals surface area contributed by atoms with E-state index in [0.29, 0.717) is 17.0 Å². The van der Waals surface area contributed by atoms with E-state index in [4.69, 9.17) is 0 Å². The van der Waals surface area contributed by atoms with Crippen molar-refractivity contribution in [1.82, 2.24) is 5.32 Å². The van der Waals surface area contributed by atoms with Crippen molar-refractivity contribution in [1.29, 1.82) is 0 Å². The van der Waals surface area contributed by atoms with Gasteiger partial charge in [0.2, 0.25) is 0 Å². The molecule has 3 saturated carbocycles. The van der Waals surface area contributed by atoms with Gasteiger partial charge in [-0.05, 0) is 54.8 Å². The molecule has 0 aromatic heterocycles. The number of hydroxylamine groups is 2. The highest BCUT2D eigenvalue weighted by Crippen LogP contribution is 2.82. The Bertz CT molecular complexity index is 384. The molecule has 5 fully saturated rings. The van der Waals surface area contributed by atoms with Crippen LogP contribution < -0.4 is 10.4 Å². The van der Waals surface area contributed by atoms with Crippen LogP contribution in [0.2, 0.25) is 0 Å². The van der Waals surface area contributed by atoms with Crippen molar-refractivity contribution in [2.45, 2.75) is 37.8 Å². The van der Waals surface area contributed by atoms with E-state index in [1.165, 1.54) is 19.3 Å². The Labute approximate surface area is 103 Å². The Morgan fingerprint density at radius 2 is 2.24 bits per heavy atom. The molecule has 0 radical (unpaired) electrons. The summed E-state index contributed by atoms with van der Waals surface area (Å²) in [5, 5.41) is 15.7. The fraction of sp³-hybridized carbons (Fsp3) is 1.00. The lowest BCUT2D eigenvalue weighted by atomic mass is 9.87. The molecule has 5 aliphatic rings. The lowest BCUT2D eigenvalue weighted by Gasteiger charge is -2.34. The van der Waals surface area contributed by atoms with Crippen LogP contribution in [0.3, 0.4) is 0 Å². The van der Waals surface area contributed by atoms with Gasteiger partial charge in [0.25, 0.3) is 0 Å². The van der Waals surface area contributed by atoms with E-state index in [0.717, 1.165) is 41.7 Å². The third-order valence-electron chi connectivity index (χ3n) is 6.79. The second-order valence-electron chi connectivity index (χ2n) is 7.62. The summed E-state index contributed by atoms with van der Waals surface area (Å²) in [6.07, 6.45) is 5.82. The molecule has 9 atom stereocenters. The van der Waals surface area contributed by atoms with E-state index >= 15 is 0 Å². The van der Waals surface area contributed by atoms with Crippen LogP contribution in [0.5, 0.6) is 0 Å². The van der Waals surface area contributed by atoms with Crippen molar-refractivity contribution in [3.8, 4) is 0 Å². The topological polar surface area (TPSA) is 39.5 Å². The number of hydrogen-bond acceptors (Lipinski definition) is 2. The van der Waals surface area contributed by atoms with Crippen molar-refractivity contribution in [2.75, 3.05) is 13.6 Å². The van der Waals surface area contributed by atoms with Crippen LogP contribution >= 0.6 is 0 Å². The van der Waals surface area contributed by atoms with Crippen LogP contribution in [-0.2, 0) is 0 Å². The molecule has 94 valence electrons. The number of quaternary nitrogens is 1. The smallest absolute Gasteiger partial charge is 0.0809 e. The molecule has 8 unspecified atom stereocenters. The van der Waals surface area contributed by atoms with Gasteiger partial charge in [-0.2, -0.15) is 0 Å². The summed E-state index contributed by atoms with van der Waals surface area (Å²) in [6.45, 7) is 0.831. The van der Waals surface area contributed by atoms with Crippen molar-refractivity contribution in [2.24, 2.45) is 35.0 Å². The Morgan fingerprint density at radius 1 is 1.35 bits per heavy atom. The molecule has 2 aliphatic heterocycles. The fourth-order valence-electron chi connectivity index (χ4n) is 5.84. The summed E-state index contributed by atoms with van der Waals surface area (Å²) in [5.74, 6) is 4.74. The minimum atomic E-state index is 0.396. The van der Waals surface area contributed by atoms with Crippen molar-refractivity contribution in [3.05, 3.63) is 5.21 Å². The van der Waals surface area contributed by atoms with E-state index in [-0.39, 0.29) is 0 Å². The fourth-order valence-corrected chi connectivity index (χ4v) is 5.84. The lowest BCUT2D eigenvalue weighted by molar-refractivity contribution is -0.830. The van der Waals surface area contributed by atoms with Gasteiger partial charge < -0.3 is 15.6 Å². The zero-order valence-corrected chi connectivity index (χ0v) is 10.5. The molecule has 3 nitrogen and oxygen atoms in total. The van der Waals surface area contributed by atoms with E-state index in [1.807, 2.05) is 0 Å². The molecule has 1 spiro atoms. The standard InChI is InChI=1S/C14H22N2O/c1-16(17)6-7-2-9-12-10-5-14(10)4-8(14)3-11(7)15-13(9)12/h7-13,15-16H,2-6H2,1H3/t7?,8?,9-,10?,11?,12?,13?,14?/m0/s1. The predicted molar refractivity (Wildman–Crippen MR) is 64.2 cm³/mol. The molecule has 2 heterocycles. The molecule has 0 amide bonds. The monoisotopic (exact) mass is 234 g/mol. The zero-order valence-electron chi connectivity index (χ0n) is 10.5. The Balaban J connectivity index is 1.43. The van der Waals surface area contributed by atoms with E-state index in [9.17, 15) is 5.21 Å². The maximum Gasteiger partial charge on any atom is 0.0809 e. The number of piperidine rings is 1. The third kappa shape index (κ3) is 1.14. The highest BCUT2D eigenvalue weighted by Gasteiger charge is 2.78. The second-order valence-corrected chi connectivity index (χ2v) is 7.62. The highest BCUT2D eigenvalue weighted by molar-refractivity contribution is 5.29. The maximum absolute atomic E-state index is 11.4. The molecule has 5 rings (SSSR count). The summed E-state index contributed by atoms with van der Waals surface area (Å²) in [7, 11) is 1.77. The van der Waals surface area contributed by atoms with Gasteiger partial charge in [0, 0.05) is 18.0 Å². The first-order valence-corrected chi connectivity index (χ1v) is 7.44. The molecule has 3 heteroatoms. The van der Waals surface area contributed by atoms with Gasteiger partial charge in [0.15, 0.2) is 0 Å². The van der Waals surface area contributed by atoms with Gasteiger partial charge in [0.05, 0.1) is 13.6 Å². The quantitative estimate of drug-likeness (QED) is 0.661. The Morgan fingerprint density at radius 3 is 3.06 bits per heavy atom. The number of rotatable bonds is 2. The molecule has 0 aromatic rings. The van der Waals surface area contributed by atoms with Crippen LogP contribution in [0.1, 0.15) is 25.7 Å². The molecular weight excluding hydrogens is 212 g/mol. The molecule has 2 bridgehead atoms. The highest BCUT2D eigenvalue weighted by atomic mass is 16.5. The first-order chi connectivity index (χ1) is 8.19. The molecule has 0 aromatic carbocycles. The van der Waals surface area contributed by atoms with Crippen LogP contribution in [0.25, 0.3) is 0 Å². The van der Waals surface area contributed by atoms with Crippen molar-refractivity contribution >= 4 is 0 Å². The second kappa shape index (κ2) is 2.73. The first kappa shape index (κ1) is 9.76. The van der Waals surface area contributed by atoms with Gasteiger partial charge in [0.1, 0.15) is 0 Å². The Kier molecular flexibility index (Phi) is 1.57. The third-order valence-corrected chi connectivity index (χ3v) is 6.79. The van der Waals surface area contributed by atoms with Crippen LogP contribution in [0, 0.1) is 40.2 Å². The van der Waals surface area contributed by atoms with Gasteiger partial charge in [-0.25, -0.2) is 0 Å². The van der Waals surface area contributed by atoms with Crippen molar-refractivity contribution in [3.63, 3.8) is 0 Å². The van der Waals surface area contributed by atoms with Crippen LogP contribution in [-0.4, -0.2) is 25.7 Å². The van der Waals surface area contributed by atoms with Crippen LogP contribution in [0.15, 0.2) is 0 Å². The number of hydrogen-bond donors (Lipinski definition) is 2. The SMILES string of the molecule is C[NH+]([O-])CC1C[C@@H]2C3NC1CC1CC14CC4C32. The minimum Gasteiger partial charge on any atom is -0.634 e. The van der Waals surface area contributed by atoms with Gasteiger partial charge in [-0.15, -0.1) is 0 Å². The molecule has 3 aliphatic carbocycles. The predicted octanol–water partition coefficient (Wildman–Crippen LogP) is 0.0215. The first-order valence-electron chi connectivity index (χ1n) is 7.44. The van der Waals surface area contributed by atoms with Gasteiger partial charge in [-0.3, -0.25) is 0 Å². The number of nitrogens with one attached hydrogen (secondary N) is 2. The summed E-state index contributed by atoms with van der Waals surface area (Å²) in [4.78, 5) is 0. The summed E-state index contributed by atoms with van der Waals surface area (Å²) in [6, 6.07) is 1.53.